The summed E-state index contributed by atoms with van der Waals surface area (Å²) in [4.78, 5) is 12.4. The Morgan fingerprint density at radius 1 is 1.48 bits per heavy atom. The summed E-state index contributed by atoms with van der Waals surface area (Å²) in [5, 5.41) is 12.3. The molecule has 0 radical (unpaired) electrons. The van der Waals surface area contributed by atoms with E-state index in [1.54, 1.807) is 0 Å². The highest BCUT2D eigenvalue weighted by atomic mass is 16.5. The summed E-state index contributed by atoms with van der Waals surface area (Å²) in [5.74, 6) is -0.982. The molecule has 21 heavy (non-hydrogen) atoms. The molecule has 1 N–H and O–H groups in total. The van der Waals surface area contributed by atoms with Crippen LogP contribution in [-0.4, -0.2) is 24.7 Å². The molecule has 1 amide bonds. The van der Waals surface area contributed by atoms with Gasteiger partial charge in [-0.15, -0.1) is 0 Å². The summed E-state index contributed by atoms with van der Waals surface area (Å²) in [7, 11) is 0. The minimum atomic E-state index is -0.756. The molecule has 3 unspecified atom stereocenters. The van der Waals surface area contributed by atoms with E-state index in [1.807, 2.05) is 37.3 Å². The SMILES string of the molecule is CCOC1CC(NC(=O)C(C#N)c2ccccc2)C1(C)C. The number of hydrogen-bond acceptors (Lipinski definition) is 3. The Bertz CT molecular complexity index is 533. The van der Waals surface area contributed by atoms with Gasteiger partial charge in [-0.3, -0.25) is 4.79 Å². The Balaban J connectivity index is 2.01. The normalized spacial score (nSPS) is 24.5. The fraction of sp³-hybridized carbons (Fsp3) is 0.529. The predicted octanol–water partition coefficient (Wildman–Crippen LogP) is 2.61. The molecule has 0 aliphatic heterocycles. The molecule has 1 aliphatic rings. The van der Waals surface area contributed by atoms with Gasteiger partial charge in [0.1, 0.15) is 5.92 Å². The van der Waals surface area contributed by atoms with Crippen LogP contribution in [0.4, 0.5) is 0 Å². The van der Waals surface area contributed by atoms with Crippen molar-refractivity contribution in [3.63, 3.8) is 0 Å². The van der Waals surface area contributed by atoms with E-state index in [0.717, 1.165) is 12.0 Å². The molecule has 4 nitrogen and oxygen atoms in total. The predicted molar refractivity (Wildman–Crippen MR) is 80.5 cm³/mol. The van der Waals surface area contributed by atoms with Crippen molar-refractivity contribution >= 4 is 5.91 Å². The third kappa shape index (κ3) is 3.08. The van der Waals surface area contributed by atoms with Crippen LogP contribution >= 0.6 is 0 Å². The third-order valence-corrected chi connectivity index (χ3v) is 4.39. The van der Waals surface area contributed by atoms with Gasteiger partial charge in [0, 0.05) is 18.1 Å². The molecular weight excluding hydrogens is 264 g/mol. The smallest absolute Gasteiger partial charge is 0.242 e. The van der Waals surface area contributed by atoms with Crippen LogP contribution in [0.15, 0.2) is 30.3 Å². The topological polar surface area (TPSA) is 62.1 Å². The molecule has 0 heterocycles. The maximum Gasteiger partial charge on any atom is 0.242 e. The van der Waals surface area contributed by atoms with Gasteiger partial charge in [-0.1, -0.05) is 44.2 Å². The maximum absolute atomic E-state index is 12.4. The Morgan fingerprint density at radius 2 is 2.14 bits per heavy atom. The summed E-state index contributed by atoms with van der Waals surface area (Å²) in [6.45, 7) is 6.83. The standard InChI is InChI=1S/C17H22N2O2/c1-4-21-15-10-14(17(15,2)3)19-16(20)13(11-18)12-8-6-5-7-9-12/h5-9,13-15H,4,10H2,1-3H3,(H,19,20). The third-order valence-electron chi connectivity index (χ3n) is 4.39. The van der Waals surface area contributed by atoms with E-state index >= 15 is 0 Å². The molecule has 1 fully saturated rings. The molecular formula is C17H22N2O2. The zero-order chi connectivity index (χ0) is 15.5. The van der Waals surface area contributed by atoms with Crippen LogP contribution in [0.3, 0.4) is 0 Å². The van der Waals surface area contributed by atoms with Gasteiger partial charge in [0.15, 0.2) is 0 Å². The lowest BCUT2D eigenvalue weighted by atomic mass is 9.64. The Hall–Kier alpha value is -1.86. The zero-order valence-corrected chi connectivity index (χ0v) is 12.8. The van der Waals surface area contributed by atoms with Crippen LogP contribution in [0.1, 0.15) is 38.7 Å². The Labute approximate surface area is 126 Å². The van der Waals surface area contributed by atoms with Crippen molar-refractivity contribution in [3.8, 4) is 6.07 Å². The number of hydrogen-bond donors (Lipinski definition) is 1. The number of carbonyl (C=O) groups excluding carboxylic acids is 1. The second kappa shape index (κ2) is 6.28. The second-order valence-corrected chi connectivity index (χ2v) is 6.04. The van der Waals surface area contributed by atoms with Gasteiger partial charge in [-0.05, 0) is 18.9 Å². The van der Waals surface area contributed by atoms with Gasteiger partial charge in [-0.2, -0.15) is 5.26 Å². The molecule has 2 rings (SSSR count). The number of benzene rings is 1. The molecule has 1 saturated carbocycles. The minimum Gasteiger partial charge on any atom is -0.378 e. The first-order valence-corrected chi connectivity index (χ1v) is 7.37. The Kier molecular flexibility index (Phi) is 4.64. The number of nitrogens with zero attached hydrogens (tertiary/aromatic N) is 1. The molecule has 1 aromatic carbocycles. The first-order valence-electron chi connectivity index (χ1n) is 7.37. The summed E-state index contributed by atoms with van der Waals surface area (Å²) < 4.78 is 5.66. The highest BCUT2D eigenvalue weighted by Gasteiger charge is 2.49. The number of nitrogens with one attached hydrogen (secondary N) is 1. The van der Waals surface area contributed by atoms with Gasteiger partial charge in [0.05, 0.1) is 12.2 Å². The summed E-state index contributed by atoms with van der Waals surface area (Å²) in [6.07, 6.45) is 0.976. The zero-order valence-electron chi connectivity index (χ0n) is 12.8. The van der Waals surface area contributed by atoms with Crippen LogP contribution in [-0.2, 0) is 9.53 Å². The quantitative estimate of drug-likeness (QED) is 0.905. The fourth-order valence-electron chi connectivity index (χ4n) is 2.80. The number of ether oxygens (including phenoxy) is 1. The van der Waals surface area contributed by atoms with E-state index < -0.39 is 5.92 Å². The molecule has 4 heteroatoms. The van der Waals surface area contributed by atoms with Crippen molar-refractivity contribution in [2.24, 2.45) is 5.41 Å². The average molecular weight is 286 g/mol. The molecule has 0 aromatic heterocycles. The summed E-state index contributed by atoms with van der Waals surface area (Å²) in [5.41, 5.74) is 0.638. The first kappa shape index (κ1) is 15.5. The second-order valence-electron chi connectivity index (χ2n) is 6.04. The van der Waals surface area contributed by atoms with E-state index in [9.17, 15) is 10.1 Å². The van der Waals surface area contributed by atoms with Crippen molar-refractivity contribution in [3.05, 3.63) is 35.9 Å². The first-order chi connectivity index (χ1) is 10.0. The van der Waals surface area contributed by atoms with Crippen molar-refractivity contribution in [2.45, 2.75) is 45.3 Å². The van der Waals surface area contributed by atoms with E-state index in [0.29, 0.717) is 6.61 Å². The average Bonchev–Trinajstić information content (AvgIpc) is 2.48. The van der Waals surface area contributed by atoms with Crippen LogP contribution < -0.4 is 5.32 Å². The monoisotopic (exact) mass is 286 g/mol. The van der Waals surface area contributed by atoms with E-state index in [2.05, 4.69) is 25.2 Å². The number of rotatable bonds is 5. The van der Waals surface area contributed by atoms with Crippen molar-refractivity contribution in [1.29, 1.82) is 5.26 Å². The van der Waals surface area contributed by atoms with Gasteiger partial charge >= 0.3 is 0 Å². The van der Waals surface area contributed by atoms with Crippen LogP contribution in [0, 0.1) is 16.7 Å². The van der Waals surface area contributed by atoms with Gasteiger partial charge in [0.25, 0.3) is 0 Å². The number of amides is 1. The lowest BCUT2D eigenvalue weighted by Crippen LogP contribution is -2.62. The lowest BCUT2D eigenvalue weighted by Gasteiger charge is -2.51. The molecule has 3 atom stereocenters. The van der Waals surface area contributed by atoms with E-state index in [1.165, 1.54) is 0 Å². The van der Waals surface area contributed by atoms with Crippen molar-refractivity contribution < 1.29 is 9.53 Å². The Morgan fingerprint density at radius 3 is 2.67 bits per heavy atom. The highest BCUT2D eigenvalue weighted by Crippen LogP contribution is 2.42. The number of nitriles is 1. The summed E-state index contributed by atoms with van der Waals surface area (Å²) >= 11 is 0. The molecule has 1 aromatic rings. The maximum atomic E-state index is 12.4. The van der Waals surface area contributed by atoms with E-state index in [-0.39, 0.29) is 23.5 Å². The lowest BCUT2D eigenvalue weighted by molar-refractivity contribution is -0.136. The molecule has 0 bridgehead atoms. The van der Waals surface area contributed by atoms with Gasteiger partial charge in [-0.25, -0.2) is 0 Å². The van der Waals surface area contributed by atoms with Crippen LogP contribution in [0.5, 0.6) is 0 Å². The largest absolute Gasteiger partial charge is 0.378 e. The molecule has 112 valence electrons. The molecule has 0 spiro atoms. The minimum absolute atomic E-state index is 0.0566. The van der Waals surface area contributed by atoms with Gasteiger partial charge in [0.2, 0.25) is 5.91 Å². The van der Waals surface area contributed by atoms with Crippen molar-refractivity contribution in [1.82, 2.24) is 5.32 Å². The fourth-order valence-corrected chi connectivity index (χ4v) is 2.80. The van der Waals surface area contributed by atoms with Crippen molar-refractivity contribution in [2.75, 3.05) is 6.61 Å². The number of carbonyl (C=O) groups is 1. The highest BCUT2D eigenvalue weighted by molar-refractivity contribution is 5.86. The van der Waals surface area contributed by atoms with E-state index in [4.69, 9.17) is 4.74 Å². The van der Waals surface area contributed by atoms with Crippen LogP contribution in [0.25, 0.3) is 0 Å². The molecule has 1 aliphatic carbocycles. The molecule has 0 saturated heterocycles. The van der Waals surface area contributed by atoms with Crippen LogP contribution in [0.2, 0.25) is 0 Å². The summed E-state index contributed by atoms with van der Waals surface area (Å²) in [6, 6.07) is 11.3. The van der Waals surface area contributed by atoms with Gasteiger partial charge < -0.3 is 10.1 Å².